The summed E-state index contributed by atoms with van der Waals surface area (Å²) in [6, 6.07) is 7.19. The zero-order valence-corrected chi connectivity index (χ0v) is 16.1. The number of anilines is 1. The van der Waals surface area contributed by atoms with Gasteiger partial charge in [-0.15, -0.1) is 0 Å². The van der Waals surface area contributed by atoms with Crippen LogP contribution in [-0.2, 0) is 10.2 Å². The minimum atomic E-state index is -0.602. The van der Waals surface area contributed by atoms with Crippen molar-refractivity contribution in [2.24, 2.45) is 0 Å². The highest BCUT2D eigenvalue weighted by molar-refractivity contribution is 5.96. The average molecular weight is 382 g/mol. The van der Waals surface area contributed by atoms with Crippen LogP contribution in [0, 0.1) is 6.92 Å². The summed E-state index contributed by atoms with van der Waals surface area (Å²) in [5.74, 6) is 0.571. The number of nitrogens with one attached hydrogen (secondary N) is 1. The number of nitrogens with two attached hydrogens (primary N) is 1. The first-order valence-corrected chi connectivity index (χ1v) is 9.87. The highest BCUT2D eigenvalue weighted by Gasteiger charge is 2.48. The molecule has 7 heteroatoms. The number of carbonyl (C=O) groups is 2. The molecule has 7 nitrogen and oxygen atoms in total. The smallest absolute Gasteiger partial charge is 0.254 e. The topological polar surface area (TPSA) is 101 Å². The number of aromatic nitrogens is 1. The van der Waals surface area contributed by atoms with Gasteiger partial charge in [-0.2, -0.15) is 0 Å². The molecule has 148 valence electrons. The molecule has 3 N–H and O–H groups in total. The molecule has 0 bridgehead atoms. The van der Waals surface area contributed by atoms with Crippen LogP contribution in [0.5, 0.6) is 0 Å². The molecule has 4 rings (SSSR count). The summed E-state index contributed by atoms with van der Waals surface area (Å²) in [5.41, 5.74) is 7.46. The average Bonchev–Trinajstić information content (AvgIpc) is 3.29. The van der Waals surface area contributed by atoms with Crippen LogP contribution < -0.4 is 11.1 Å². The first kappa shape index (κ1) is 18.5. The Morgan fingerprint density at radius 1 is 1.32 bits per heavy atom. The number of aryl methyl sites for hydroxylation is 1. The van der Waals surface area contributed by atoms with E-state index < -0.39 is 5.41 Å². The number of carbonyl (C=O) groups excluding carboxylic acids is 2. The maximum Gasteiger partial charge on any atom is 0.254 e. The van der Waals surface area contributed by atoms with Gasteiger partial charge < -0.3 is 20.5 Å². The number of rotatable bonds is 5. The lowest BCUT2D eigenvalue weighted by Gasteiger charge is -2.38. The molecule has 2 aromatic rings. The van der Waals surface area contributed by atoms with Crippen LogP contribution in [0.2, 0.25) is 0 Å². The van der Waals surface area contributed by atoms with Crippen molar-refractivity contribution in [3.63, 3.8) is 0 Å². The molecule has 2 amide bonds. The number of nitrogen functional groups attached to an aromatic ring is 1. The lowest BCUT2D eigenvalue weighted by molar-refractivity contribution is -0.131. The number of hydrogen-bond donors (Lipinski definition) is 2. The summed E-state index contributed by atoms with van der Waals surface area (Å²) in [6.07, 6.45) is 5.92. The van der Waals surface area contributed by atoms with E-state index in [-0.39, 0.29) is 17.9 Å². The van der Waals surface area contributed by atoms with Crippen molar-refractivity contribution < 1.29 is 14.1 Å². The lowest BCUT2D eigenvalue weighted by atomic mass is 9.66. The van der Waals surface area contributed by atoms with Crippen LogP contribution in [0.1, 0.15) is 53.8 Å². The highest BCUT2D eigenvalue weighted by Crippen LogP contribution is 2.43. The Bertz CT molecular complexity index is 854. The minimum absolute atomic E-state index is 0.00922. The lowest BCUT2D eigenvalue weighted by Crippen LogP contribution is -2.52. The van der Waals surface area contributed by atoms with Crippen LogP contribution >= 0.6 is 0 Å². The molecule has 1 aromatic carbocycles. The maximum absolute atomic E-state index is 13.0. The summed E-state index contributed by atoms with van der Waals surface area (Å²) >= 11 is 0. The second-order valence-electron chi connectivity index (χ2n) is 7.95. The first-order valence-electron chi connectivity index (χ1n) is 9.87. The van der Waals surface area contributed by atoms with Gasteiger partial charge in [-0.1, -0.05) is 11.6 Å². The Hall–Kier alpha value is -2.83. The van der Waals surface area contributed by atoms with E-state index in [2.05, 4.69) is 10.5 Å². The Morgan fingerprint density at radius 3 is 2.79 bits per heavy atom. The van der Waals surface area contributed by atoms with Crippen molar-refractivity contribution >= 4 is 17.5 Å². The second-order valence-corrected chi connectivity index (χ2v) is 7.95. The van der Waals surface area contributed by atoms with Crippen molar-refractivity contribution in [1.82, 2.24) is 15.4 Å². The predicted molar refractivity (Wildman–Crippen MR) is 105 cm³/mol. The van der Waals surface area contributed by atoms with Gasteiger partial charge in [-0.25, -0.2) is 0 Å². The van der Waals surface area contributed by atoms with Gasteiger partial charge in [0.25, 0.3) is 5.91 Å². The molecule has 1 aromatic heterocycles. The van der Waals surface area contributed by atoms with Crippen LogP contribution in [-0.4, -0.2) is 41.0 Å². The van der Waals surface area contributed by atoms with Gasteiger partial charge in [-0.05, 0) is 56.4 Å². The Morgan fingerprint density at radius 2 is 2.14 bits per heavy atom. The first-order chi connectivity index (χ1) is 13.5. The molecule has 2 aliphatic rings. The molecule has 1 atom stereocenters. The van der Waals surface area contributed by atoms with Crippen molar-refractivity contribution in [3.8, 4) is 0 Å². The number of amides is 2. The van der Waals surface area contributed by atoms with Gasteiger partial charge in [0.05, 0.1) is 6.20 Å². The normalized spacial score (nSPS) is 20.6. The molecule has 0 spiro atoms. The van der Waals surface area contributed by atoms with Crippen molar-refractivity contribution in [2.75, 3.05) is 18.8 Å². The molecule has 2 heterocycles. The summed E-state index contributed by atoms with van der Waals surface area (Å²) in [6.45, 7) is 3.07. The van der Waals surface area contributed by atoms with Gasteiger partial charge in [0.2, 0.25) is 5.91 Å². The second kappa shape index (κ2) is 7.30. The molecule has 1 aliphatic heterocycles. The third-order valence-corrected chi connectivity index (χ3v) is 6.03. The van der Waals surface area contributed by atoms with E-state index in [1.54, 1.807) is 18.3 Å². The van der Waals surface area contributed by atoms with Gasteiger partial charge >= 0.3 is 0 Å². The van der Waals surface area contributed by atoms with Gasteiger partial charge in [0.1, 0.15) is 5.41 Å². The fourth-order valence-electron chi connectivity index (χ4n) is 4.38. The molecule has 1 aliphatic carbocycles. The standard InChI is InChI=1S/C21H26N4O3/c1-14-10-15(12-16(22)11-14)19(26)25-9-2-4-17(25)13-23-20(27)21(6-3-7-21)18-5-8-24-28-18/h5,8,10-12,17H,2-4,6-7,9,13,22H2,1H3,(H,23,27). The summed E-state index contributed by atoms with van der Waals surface area (Å²) in [7, 11) is 0. The molecular weight excluding hydrogens is 356 g/mol. The van der Waals surface area contributed by atoms with Crippen LogP contribution in [0.4, 0.5) is 5.69 Å². The van der Waals surface area contributed by atoms with E-state index in [0.717, 1.165) is 37.7 Å². The number of hydrogen-bond acceptors (Lipinski definition) is 5. The molecular formula is C21H26N4O3. The largest absolute Gasteiger partial charge is 0.399 e. The van der Waals surface area contributed by atoms with Crippen LogP contribution in [0.25, 0.3) is 0 Å². The summed E-state index contributed by atoms with van der Waals surface area (Å²) in [5, 5.41) is 6.82. The molecule has 1 unspecified atom stereocenters. The molecule has 28 heavy (non-hydrogen) atoms. The summed E-state index contributed by atoms with van der Waals surface area (Å²) in [4.78, 5) is 27.8. The van der Waals surface area contributed by atoms with E-state index in [9.17, 15) is 9.59 Å². The number of likely N-dealkylation sites (tertiary alicyclic amines) is 1. The van der Waals surface area contributed by atoms with Crippen molar-refractivity contribution in [1.29, 1.82) is 0 Å². The van der Waals surface area contributed by atoms with E-state index in [1.807, 2.05) is 24.0 Å². The number of nitrogens with zero attached hydrogens (tertiary/aromatic N) is 2. The van der Waals surface area contributed by atoms with Gasteiger partial charge in [-0.3, -0.25) is 9.59 Å². The molecule has 1 saturated heterocycles. The predicted octanol–water partition coefficient (Wildman–Crippen LogP) is 2.41. The molecule has 1 saturated carbocycles. The fraction of sp³-hybridized carbons (Fsp3) is 0.476. The monoisotopic (exact) mass is 382 g/mol. The maximum atomic E-state index is 13.0. The Kier molecular flexibility index (Phi) is 4.83. The van der Waals surface area contributed by atoms with E-state index in [0.29, 0.717) is 30.1 Å². The highest BCUT2D eigenvalue weighted by atomic mass is 16.5. The number of benzene rings is 1. The van der Waals surface area contributed by atoms with E-state index in [4.69, 9.17) is 10.3 Å². The van der Waals surface area contributed by atoms with Crippen LogP contribution in [0.15, 0.2) is 35.0 Å². The Balaban J connectivity index is 1.43. The van der Waals surface area contributed by atoms with Crippen molar-refractivity contribution in [3.05, 3.63) is 47.3 Å². The van der Waals surface area contributed by atoms with E-state index >= 15 is 0 Å². The molecule has 0 radical (unpaired) electrons. The third-order valence-electron chi connectivity index (χ3n) is 6.03. The minimum Gasteiger partial charge on any atom is -0.399 e. The fourth-order valence-corrected chi connectivity index (χ4v) is 4.38. The van der Waals surface area contributed by atoms with E-state index in [1.165, 1.54) is 0 Å². The quantitative estimate of drug-likeness (QED) is 0.773. The Labute approximate surface area is 164 Å². The summed E-state index contributed by atoms with van der Waals surface area (Å²) < 4.78 is 5.29. The SMILES string of the molecule is Cc1cc(N)cc(C(=O)N2CCCC2CNC(=O)C2(c3ccno3)CCC2)c1. The third kappa shape index (κ3) is 3.25. The molecule has 2 fully saturated rings. The zero-order chi connectivity index (χ0) is 19.7. The van der Waals surface area contributed by atoms with Crippen LogP contribution in [0.3, 0.4) is 0 Å². The van der Waals surface area contributed by atoms with Crippen molar-refractivity contribution in [2.45, 2.75) is 50.5 Å². The van der Waals surface area contributed by atoms with Gasteiger partial charge in [0, 0.05) is 36.4 Å². The van der Waals surface area contributed by atoms with Gasteiger partial charge in [0.15, 0.2) is 5.76 Å². The zero-order valence-electron chi connectivity index (χ0n) is 16.1.